The van der Waals surface area contributed by atoms with E-state index in [1.54, 1.807) is 18.2 Å². The highest BCUT2D eigenvalue weighted by Crippen LogP contribution is 2.20. The predicted octanol–water partition coefficient (Wildman–Crippen LogP) is 4.10. The van der Waals surface area contributed by atoms with E-state index in [0.717, 1.165) is 22.6 Å². The molecule has 0 radical (unpaired) electrons. The van der Waals surface area contributed by atoms with Crippen LogP contribution in [0.25, 0.3) is 5.69 Å². The first kappa shape index (κ1) is 18.6. The Morgan fingerprint density at radius 3 is 2.54 bits per heavy atom. The summed E-state index contributed by atoms with van der Waals surface area (Å²) in [5.74, 6) is -0.398. The van der Waals surface area contributed by atoms with Gasteiger partial charge in [-0.25, -0.2) is 9.07 Å². The zero-order valence-electron chi connectivity index (χ0n) is 14.7. The highest BCUT2D eigenvalue weighted by molar-refractivity contribution is 6.30. The molecule has 0 spiro atoms. The number of aromatic nitrogens is 2. The lowest BCUT2D eigenvalue weighted by Crippen LogP contribution is -2.22. The molecule has 1 heterocycles. The van der Waals surface area contributed by atoms with Gasteiger partial charge in [-0.05, 0) is 44.2 Å². The van der Waals surface area contributed by atoms with Crippen molar-refractivity contribution in [1.29, 1.82) is 0 Å². The molecule has 26 heavy (non-hydrogen) atoms. The van der Waals surface area contributed by atoms with E-state index in [1.165, 1.54) is 6.07 Å². The van der Waals surface area contributed by atoms with E-state index in [1.807, 2.05) is 42.8 Å². The van der Waals surface area contributed by atoms with E-state index in [-0.39, 0.29) is 6.54 Å². The number of benzene rings is 2. The lowest BCUT2D eigenvalue weighted by Gasteiger charge is -2.13. The minimum Gasteiger partial charge on any atom is -0.387 e. The summed E-state index contributed by atoms with van der Waals surface area (Å²) >= 11 is 5.95. The monoisotopic (exact) mass is 373 g/mol. The Hall–Kier alpha value is -2.21. The maximum absolute atomic E-state index is 13.7. The zero-order chi connectivity index (χ0) is 18.7. The van der Waals surface area contributed by atoms with E-state index >= 15 is 0 Å². The minimum absolute atomic E-state index is 0.256. The number of hydrogen-bond acceptors (Lipinski definition) is 3. The van der Waals surface area contributed by atoms with Crippen molar-refractivity contribution in [3.05, 3.63) is 81.9 Å². The van der Waals surface area contributed by atoms with Crippen molar-refractivity contribution in [3.8, 4) is 5.69 Å². The van der Waals surface area contributed by atoms with Gasteiger partial charge in [0.2, 0.25) is 0 Å². The van der Waals surface area contributed by atoms with Gasteiger partial charge >= 0.3 is 0 Å². The lowest BCUT2D eigenvalue weighted by molar-refractivity contribution is 0.169. The van der Waals surface area contributed by atoms with Crippen LogP contribution >= 0.6 is 11.6 Å². The van der Waals surface area contributed by atoms with Gasteiger partial charge in [-0.3, -0.25) is 0 Å². The molecule has 0 aliphatic carbocycles. The Morgan fingerprint density at radius 1 is 1.15 bits per heavy atom. The standard InChI is InChI=1S/C20H21ClFN3O/c1-13-18(11-23-12-20(26)17-5-3-4-6-19(17)22)14(2)25(24-13)16-9-7-15(21)8-10-16/h3-10,20,23,26H,11-12H2,1-2H3. The van der Waals surface area contributed by atoms with Gasteiger partial charge in [0.25, 0.3) is 0 Å². The molecule has 136 valence electrons. The molecule has 1 aromatic heterocycles. The van der Waals surface area contributed by atoms with Gasteiger partial charge in [-0.1, -0.05) is 29.8 Å². The fourth-order valence-electron chi connectivity index (χ4n) is 2.95. The van der Waals surface area contributed by atoms with Gasteiger partial charge in [0, 0.05) is 34.9 Å². The number of halogens is 2. The first-order valence-electron chi connectivity index (χ1n) is 8.41. The number of aliphatic hydroxyl groups is 1. The maximum atomic E-state index is 13.7. The average Bonchev–Trinajstić information content (AvgIpc) is 2.91. The predicted molar refractivity (Wildman–Crippen MR) is 101 cm³/mol. The van der Waals surface area contributed by atoms with Crippen LogP contribution in [0.2, 0.25) is 5.02 Å². The van der Waals surface area contributed by atoms with Crippen LogP contribution in [0.5, 0.6) is 0 Å². The molecule has 0 fully saturated rings. The summed E-state index contributed by atoms with van der Waals surface area (Å²) in [4.78, 5) is 0. The van der Waals surface area contributed by atoms with Gasteiger partial charge < -0.3 is 10.4 Å². The topological polar surface area (TPSA) is 50.1 Å². The molecule has 0 saturated heterocycles. The van der Waals surface area contributed by atoms with Crippen LogP contribution < -0.4 is 5.32 Å². The number of aliphatic hydroxyl groups excluding tert-OH is 1. The molecule has 0 bridgehead atoms. The highest BCUT2D eigenvalue weighted by atomic mass is 35.5. The van der Waals surface area contributed by atoms with E-state index in [9.17, 15) is 9.50 Å². The van der Waals surface area contributed by atoms with Crippen LogP contribution in [0.4, 0.5) is 4.39 Å². The summed E-state index contributed by atoms with van der Waals surface area (Å²) in [7, 11) is 0. The SMILES string of the molecule is Cc1nn(-c2ccc(Cl)cc2)c(C)c1CNCC(O)c1ccccc1F. The Balaban J connectivity index is 1.69. The molecule has 0 aliphatic rings. The second-order valence-corrected chi connectivity index (χ2v) is 6.64. The second-order valence-electron chi connectivity index (χ2n) is 6.21. The van der Waals surface area contributed by atoms with E-state index < -0.39 is 11.9 Å². The largest absolute Gasteiger partial charge is 0.387 e. The number of aryl methyl sites for hydroxylation is 1. The average molecular weight is 374 g/mol. The number of hydrogen-bond donors (Lipinski definition) is 2. The molecule has 1 atom stereocenters. The van der Waals surface area contributed by atoms with Gasteiger partial charge in [-0.15, -0.1) is 0 Å². The van der Waals surface area contributed by atoms with Crippen molar-refractivity contribution in [2.75, 3.05) is 6.54 Å². The summed E-state index contributed by atoms with van der Waals surface area (Å²) < 4.78 is 15.6. The number of rotatable bonds is 6. The fourth-order valence-corrected chi connectivity index (χ4v) is 3.08. The van der Waals surface area contributed by atoms with Crippen LogP contribution in [-0.4, -0.2) is 21.4 Å². The number of nitrogens with zero attached hydrogens (tertiary/aromatic N) is 2. The lowest BCUT2D eigenvalue weighted by atomic mass is 10.1. The summed E-state index contributed by atoms with van der Waals surface area (Å²) in [5.41, 5.74) is 4.21. The van der Waals surface area contributed by atoms with Crippen LogP contribution in [0.15, 0.2) is 48.5 Å². The van der Waals surface area contributed by atoms with Gasteiger partial charge in [-0.2, -0.15) is 5.10 Å². The molecule has 4 nitrogen and oxygen atoms in total. The van der Waals surface area contributed by atoms with Crippen molar-refractivity contribution in [1.82, 2.24) is 15.1 Å². The Morgan fingerprint density at radius 2 is 1.85 bits per heavy atom. The van der Waals surface area contributed by atoms with E-state index in [0.29, 0.717) is 17.1 Å². The van der Waals surface area contributed by atoms with Crippen molar-refractivity contribution < 1.29 is 9.50 Å². The summed E-state index contributed by atoms with van der Waals surface area (Å²) in [6, 6.07) is 13.8. The quantitative estimate of drug-likeness (QED) is 0.683. The molecule has 0 aliphatic heterocycles. The van der Waals surface area contributed by atoms with Crippen LogP contribution in [-0.2, 0) is 6.54 Å². The number of nitrogens with one attached hydrogen (secondary N) is 1. The van der Waals surface area contributed by atoms with Crippen molar-refractivity contribution in [2.24, 2.45) is 0 Å². The van der Waals surface area contributed by atoms with Crippen LogP contribution in [0, 0.1) is 19.7 Å². The zero-order valence-corrected chi connectivity index (χ0v) is 15.5. The molecule has 2 N–H and O–H groups in total. The summed E-state index contributed by atoms with van der Waals surface area (Å²) in [6.45, 7) is 4.74. The molecule has 2 aromatic carbocycles. The normalized spacial score (nSPS) is 12.3. The Bertz CT molecular complexity index is 893. The first-order chi connectivity index (χ1) is 12.5. The van der Waals surface area contributed by atoms with E-state index in [4.69, 9.17) is 11.6 Å². The van der Waals surface area contributed by atoms with Crippen molar-refractivity contribution in [2.45, 2.75) is 26.5 Å². The van der Waals surface area contributed by atoms with Crippen molar-refractivity contribution >= 4 is 11.6 Å². The molecular weight excluding hydrogens is 353 g/mol. The third kappa shape index (κ3) is 3.96. The molecule has 1 unspecified atom stereocenters. The van der Waals surface area contributed by atoms with Crippen molar-refractivity contribution in [3.63, 3.8) is 0 Å². The molecule has 3 rings (SSSR count). The molecule has 0 amide bonds. The fraction of sp³-hybridized carbons (Fsp3) is 0.250. The van der Waals surface area contributed by atoms with Crippen LogP contribution in [0.1, 0.15) is 28.6 Å². The third-order valence-electron chi connectivity index (χ3n) is 4.42. The second kappa shape index (κ2) is 7.99. The Labute approximate surface area is 157 Å². The van der Waals surface area contributed by atoms with Gasteiger partial charge in [0.1, 0.15) is 5.82 Å². The molecular formula is C20H21ClFN3O. The smallest absolute Gasteiger partial charge is 0.129 e. The molecule has 0 saturated carbocycles. The Kier molecular flexibility index (Phi) is 5.71. The summed E-state index contributed by atoms with van der Waals surface area (Å²) in [6.07, 6.45) is -0.900. The minimum atomic E-state index is -0.900. The van der Waals surface area contributed by atoms with Gasteiger partial charge in [0.15, 0.2) is 0 Å². The molecule has 3 aromatic rings. The maximum Gasteiger partial charge on any atom is 0.129 e. The molecule has 6 heteroatoms. The summed E-state index contributed by atoms with van der Waals surface area (Å²) in [5, 5.41) is 18.7. The van der Waals surface area contributed by atoms with Gasteiger partial charge in [0.05, 0.1) is 17.5 Å². The van der Waals surface area contributed by atoms with Crippen LogP contribution in [0.3, 0.4) is 0 Å². The van der Waals surface area contributed by atoms with E-state index in [2.05, 4.69) is 10.4 Å². The first-order valence-corrected chi connectivity index (χ1v) is 8.79. The highest BCUT2D eigenvalue weighted by Gasteiger charge is 2.15. The third-order valence-corrected chi connectivity index (χ3v) is 4.67.